The third kappa shape index (κ3) is 2.67. The molecule has 5 heteroatoms. The fourth-order valence-electron chi connectivity index (χ4n) is 1.50. The largest absolute Gasteiger partial charge is 0.431 e. The summed E-state index contributed by atoms with van der Waals surface area (Å²) in [5, 5.41) is 4.05. The van der Waals surface area contributed by atoms with E-state index in [2.05, 4.69) is 9.84 Å². The molecule has 0 N–H and O–H groups in total. The summed E-state index contributed by atoms with van der Waals surface area (Å²) in [5.41, 5.74) is 0.713. The second-order valence-electron chi connectivity index (χ2n) is 3.97. The third-order valence-corrected chi connectivity index (χ3v) is 2.05. The first-order valence-electron chi connectivity index (χ1n) is 4.95. The first-order chi connectivity index (χ1) is 6.93. The fraction of sp³-hybridized carbons (Fsp3) is 0.700. The second kappa shape index (κ2) is 4.59. The molecule has 86 valence electrons. The molecule has 0 atom stereocenters. The van der Waals surface area contributed by atoms with Crippen molar-refractivity contribution in [1.82, 2.24) is 9.78 Å². The molecule has 0 amide bonds. The molecule has 0 aliphatic carbocycles. The lowest BCUT2D eigenvalue weighted by Gasteiger charge is -2.15. The van der Waals surface area contributed by atoms with Crippen molar-refractivity contribution in [1.29, 1.82) is 0 Å². The molecular weight excluding hydrogens is 202 g/mol. The van der Waals surface area contributed by atoms with E-state index in [4.69, 9.17) is 0 Å². The number of ether oxygens (including phenoxy) is 1. The van der Waals surface area contributed by atoms with Crippen molar-refractivity contribution in [3.05, 3.63) is 11.9 Å². The van der Waals surface area contributed by atoms with Crippen molar-refractivity contribution in [3.63, 3.8) is 0 Å². The Labute approximate surface area is 88.0 Å². The van der Waals surface area contributed by atoms with Crippen LogP contribution in [0.5, 0.6) is 5.75 Å². The molecule has 1 aromatic heterocycles. The number of halogens is 2. The van der Waals surface area contributed by atoms with Crippen LogP contribution in [0.1, 0.15) is 45.3 Å². The van der Waals surface area contributed by atoms with Gasteiger partial charge in [-0.2, -0.15) is 13.9 Å². The maximum absolute atomic E-state index is 12.1. The molecule has 0 saturated heterocycles. The fourth-order valence-corrected chi connectivity index (χ4v) is 1.50. The van der Waals surface area contributed by atoms with Crippen LogP contribution in [-0.2, 0) is 0 Å². The predicted molar refractivity (Wildman–Crippen MR) is 53.3 cm³/mol. The molecule has 0 aliphatic heterocycles. The molecule has 0 unspecified atom stereocenters. The van der Waals surface area contributed by atoms with Gasteiger partial charge < -0.3 is 4.74 Å². The Bertz CT molecular complexity index is 321. The van der Waals surface area contributed by atoms with Crippen LogP contribution < -0.4 is 4.74 Å². The predicted octanol–water partition coefficient (Wildman–Crippen LogP) is 3.19. The van der Waals surface area contributed by atoms with E-state index >= 15 is 0 Å². The third-order valence-electron chi connectivity index (χ3n) is 2.05. The van der Waals surface area contributed by atoms with Gasteiger partial charge >= 0.3 is 6.61 Å². The van der Waals surface area contributed by atoms with E-state index in [1.54, 1.807) is 4.68 Å². The van der Waals surface area contributed by atoms with Gasteiger partial charge in [-0.1, -0.05) is 13.8 Å². The van der Waals surface area contributed by atoms with Gasteiger partial charge in [0.15, 0.2) is 5.75 Å². The van der Waals surface area contributed by atoms with E-state index in [0.29, 0.717) is 5.69 Å². The van der Waals surface area contributed by atoms with Crippen molar-refractivity contribution in [3.8, 4) is 5.75 Å². The van der Waals surface area contributed by atoms with Crippen molar-refractivity contribution < 1.29 is 13.5 Å². The first kappa shape index (κ1) is 11.9. The molecule has 0 saturated carbocycles. The van der Waals surface area contributed by atoms with Gasteiger partial charge in [0.05, 0.1) is 11.9 Å². The molecule has 0 fully saturated rings. The van der Waals surface area contributed by atoms with Crippen LogP contribution in [0.15, 0.2) is 6.20 Å². The van der Waals surface area contributed by atoms with Crippen molar-refractivity contribution in [2.24, 2.45) is 0 Å². The average Bonchev–Trinajstić information content (AvgIpc) is 2.46. The van der Waals surface area contributed by atoms with E-state index in [9.17, 15) is 8.78 Å². The number of rotatable bonds is 4. The standard InChI is InChI=1S/C10H16F2N2O/c1-6(2)9-8(15-10(11)12)5-13-14(9)7(3)4/h5-7,10H,1-4H3. The van der Waals surface area contributed by atoms with Crippen LogP contribution in [0.4, 0.5) is 8.78 Å². The van der Waals surface area contributed by atoms with Crippen molar-refractivity contribution in [2.75, 3.05) is 0 Å². The monoisotopic (exact) mass is 218 g/mol. The molecular formula is C10H16F2N2O. The summed E-state index contributed by atoms with van der Waals surface area (Å²) in [7, 11) is 0. The molecule has 15 heavy (non-hydrogen) atoms. The quantitative estimate of drug-likeness (QED) is 0.776. The molecule has 1 aromatic rings. The maximum Gasteiger partial charge on any atom is 0.387 e. The zero-order valence-electron chi connectivity index (χ0n) is 9.37. The van der Waals surface area contributed by atoms with Crippen LogP contribution in [0.3, 0.4) is 0 Å². The number of hydrogen-bond acceptors (Lipinski definition) is 2. The van der Waals surface area contributed by atoms with Gasteiger partial charge in [0, 0.05) is 6.04 Å². The molecule has 1 rings (SSSR count). The van der Waals surface area contributed by atoms with Gasteiger partial charge in [-0.25, -0.2) is 0 Å². The second-order valence-corrected chi connectivity index (χ2v) is 3.97. The zero-order valence-corrected chi connectivity index (χ0v) is 9.37. The number of hydrogen-bond donors (Lipinski definition) is 0. The van der Waals surface area contributed by atoms with Gasteiger partial charge in [-0.05, 0) is 19.8 Å². The summed E-state index contributed by atoms with van der Waals surface area (Å²) >= 11 is 0. The average molecular weight is 218 g/mol. The van der Waals surface area contributed by atoms with Gasteiger partial charge in [0.2, 0.25) is 0 Å². The van der Waals surface area contributed by atoms with E-state index in [0.717, 1.165) is 0 Å². The van der Waals surface area contributed by atoms with E-state index < -0.39 is 6.61 Å². The van der Waals surface area contributed by atoms with Crippen LogP contribution >= 0.6 is 0 Å². The topological polar surface area (TPSA) is 27.1 Å². The van der Waals surface area contributed by atoms with E-state index in [1.165, 1.54) is 6.20 Å². The Kier molecular flexibility index (Phi) is 3.66. The SMILES string of the molecule is CC(C)c1c(OC(F)F)cnn1C(C)C. The number of alkyl halides is 2. The lowest BCUT2D eigenvalue weighted by Crippen LogP contribution is -2.11. The summed E-state index contributed by atoms with van der Waals surface area (Å²) in [4.78, 5) is 0. The van der Waals surface area contributed by atoms with Crippen LogP contribution in [0.25, 0.3) is 0 Å². The molecule has 0 spiro atoms. The van der Waals surface area contributed by atoms with Gasteiger partial charge in [-0.3, -0.25) is 4.68 Å². The zero-order chi connectivity index (χ0) is 11.6. The summed E-state index contributed by atoms with van der Waals surface area (Å²) in [6, 6.07) is 0.137. The van der Waals surface area contributed by atoms with Crippen LogP contribution in [-0.4, -0.2) is 16.4 Å². The highest BCUT2D eigenvalue weighted by Gasteiger charge is 2.19. The normalized spacial score (nSPS) is 11.8. The maximum atomic E-state index is 12.1. The summed E-state index contributed by atoms with van der Waals surface area (Å²) in [6.45, 7) is 4.95. The minimum absolute atomic E-state index is 0.101. The summed E-state index contributed by atoms with van der Waals surface area (Å²) in [5.74, 6) is 0.275. The molecule has 0 aromatic carbocycles. The highest BCUT2D eigenvalue weighted by Crippen LogP contribution is 2.29. The van der Waals surface area contributed by atoms with E-state index in [-0.39, 0.29) is 17.7 Å². The summed E-state index contributed by atoms with van der Waals surface area (Å²) in [6.07, 6.45) is 1.35. The molecule has 0 bridgehead atoms. The van der Waals surface area contributed by atoms with Crippen LogP contribution in [0.2, 0.25) is 0 Å². The highest BCUT2D eigenvalue weighted by atomic mass is 19.3. The number of nitrogens with zero attached hydrogens (tertiary/aromatic N) is 2. The summed E-state index contributed by atoms with van der Waals surface area (Å²) < 4.78 is 30.4. The molecule has 0 radical (unpaired) electrons. The van der Waals surface area contributed by atoms with Gasteiger partial charge in [0.25, 0.3) is 0 Å². The van der Waals surface area contributed by atoms with Gasteiger partial charge in [0.1, 0.15) is 0 Å². The molecule has 1 heterocycles. The Morgan fingerprint density at radius 2 is 1.87 bits per heavy atom. The number of aromatic nitrogens is 2. The minimum Gasteiger partial charge on any atom is -0.431 e. The molecule has 0 aliphatic rings. The Hall–Kier alpha value is -1.13. The molecule has 3 nitrogen and oxygen atoms in total. The van der Waals surface area contributed by atoms with Gasteiger partial charge in [-0.15, -0.1) is 0 Å². The smallest absolute Gasteiger partial charge is 0.387 e. The highest BCUT2D eigenvalue weighted by molar-refractivity contribution is 5.28. The lowest BCUT2D eigenvalue weighted by atomic mass is 10.1. The Morgan fingerprint density at radius 1 is 1.27 bits per heavy atom. The lowest BCUT2D eigenvalue weighted by molar-refractivity contribution is -0.0506. The first-order valence-corrected chi connectivity index (χ1v) is 4.95. The Balaban J connectivity index is 3.06. The van der Waals surface area contributed by atoms with Crippen molar-refractivity contribution in [2.45, 2.75) is 46.3 Å². The van der Waals surface area contributed by atoms with Crippen LogP contribution in [0, 0.1) is 0 Å². The Morgan fingerprint density at radius 3 is 2.27 bits per heavy atom. The van der Waals surface area contributed by atoms with Crippen molar-refractivity contribution >= 4 is 0 Å². The minimum atomic E-state index is -2.80. The van der Waals surface area contributed by atoms with E-state index in [1.807, 2.05) is 27.7 Å².